The van der Waals surface area contributed by atoms with Crippen LogP contribution >= 0.6 is 0 Å². The zero-order valence-electron chi connectivity index (χ0n) is 9.88. The Kier molecular flexibility index (Phi) is 3.41. The molecule has 0 heterocycles. The van der Waals surface area contributed by atoms with Gasteiger partial charge >= 0.3 is 5.54 Å². The molecule has 86 valence electrons. The Morgan fingerprint density at radius 1 is 1.00 bits per heavy atom. The van der Waals surface area contributed by atoms with Crippen LogP contribution in [0.5, 0.6) is 0 Å². The van der Waals surface area contributed by atoms with E-state index < -0.39 is 5.54 Å². The minimum Gasteiger partial charge on any atom is -0.288 e. The largest absolute Gasteiger partial charge is 0.344 e. The number of benzene rings is 2. The van der Waals surface area contributed by atoms with Crippen molar-refractivity contribution in [3.05, 3.63) is 83.2 Å². The van der Waals surface area contributed by atoms with Crippen LogP contribution in [0, 0.1) is 17.9 Å². The van der Waals surface area contributed by atoms with Crippen LogP contribution in [0.2, 0.25) is 0 Å². The Bertz CT molecular complexity index is 574. The summed E-state index contributed by atoms with van der Waals surface area (Å²) in [6.45, 7) is 7.40. The number of rotatable bonds is 3. The predicted octanol–water partition coefficient (Wildman–Crippen LogP) is 3.57. The van der Waals surface area contributed by atoms with Crippen molar-refractivity contribution in [1.29, 1.82) is 5.26 Å². The van der Waals surface area contributed by atoms with Gasteiger partial charge in [0.1, 0.15) is 0 Å². The lowest BCUT2D eigenvalue weighted by atomic mass is 9.86. The molecule has 0 aliphatic rings. The van der Waals surface area contributed by atoms with Gasteiger partial charge in [0.2, 0.25) is 0 Å². The number of nitriles is 1. The summed E-state index contributed by atoms with van der Waals surface area (Å²) in [5.41, 5.74) is 0.632. The lowest BCUT2D eigenvalue weighted by Crippen LogP contribution is -2.22. The van der Waals surface area contributed by atoms with E-state index in [1.54, 1.807) is 0 Å². The highest BCUT2D eigenvalue weighted by molar-refractivity contribution is 5.38. The Morgan fingerprint density at radius 3 is 2.06 bits per heavy atom. The van der Waals surface area contributed by atoms with Gasteiger partial charge in [0, 0.05) is 0 Å². The monoisotopic (exact) mass is 232 g/mol. The van der Waals surface area contributed by atoms with E-state index in [0.717, 1.165) is 11.1 Å². The van der Waals surface area contributed by atoms with E-state index in [-0.39, 0.29) is 0 Å². The third kappa shape index (κ3) is 2.24. The molecule has 0 fully saturated rings. The molecule has 0 saturated heterocycles. The van der Waals surface area contributed by atoms with E-state index in [1.165, 1.54) is 0 Å². The second-order valence-electron chi connectivity index (χ2n) is 4.11. The van der Waals surface area contributed by atoms with Crippen LogP contribution in [-0.4, -0.2) is 0 Å². The first-order valence-electron chi connectivity index (χ1n) is 5.70. The minimum atomic E-state index is -1.12. The molecule has 2 aromatic rings. The molecule has 0 spiro atoms. The fourth-order valence-corrected chi connectivity index (χ4v) is 1.94. The summed E-state index contributed by atoms with van der Waals surface area (Å²) in [7, 11) is 0. The maximum absolute atomic E-state index is 9.43. The van der Waals surface area contributed by atoms with Gasteiger partial charge in [-0.2, -0.15) is 5.26 Å². The molecule has 0 radical (unpaired) electrons. The van der Waals surface area contributed by atoms with Crippen LogP contribution in [-0.2, 0) is 12.0 Å². The van der Waals surface area contributed by atoms with Gasteiger partial charge < -0.3 is 0 Å². The van der Waals surface area contributed by atoms with Crippen molar-refractivity contribution in [2.75, 3.05) is 0 Å². The van der Waals surface area contributed by atoms with E-state index >= 15 is 0 Å². The van der Waals surface area contributed by atoms with Gasteiger partial charge in [0.25, 0.3) is 0 Å². The third-order valence-electron chi connectivity index (χ3n) is 2.93. The summed E-state index contributed by atoms with van der Waals surface area (Å²) in [5.74, 6) is 0. The summed E-state index contributed by atoms with van der Waals surface area (Å²) in [6, 6.07) is 21.1. The fourth-order valence-electron chi connectivity index (χ4n) is 1.94. The average molecular weight is 232 g/mol. The SMILES string of the molecule is [C-]#[N+]C(C#N)(Cc1ccccc1)c1ccccc1. The molecule has 0 aliphatic heterocycles. The van der Waals surface area contributed by atoms with E-state index in [1.807, 2.05) is 60.7 Å². The summed E-state index contributed by atoms with van der Waals surface area (Å²) in [6.07, 6.45) is 0.415. The summed E-state index contributed by atoms with van der Waals surface area (Å²) in [4.78, 5) is 3.59. The lowest BCUT2D eigenvalue weighted by molar-refractivity contribution is 0.674. The van der Waals surface area contributed by atoms with Crippen LogP contribution in [0.3, 0.4) is 0 Å². The van der Waals surface area contributed by atoms with E-state index in [4.69, 9.17) is 6.57 Å². The van der Waals surface area contributed by atoms with Crippen LogP contribution in [0.15, 0.2) is 60.7 Å². The van der Waals surface area contributed by atoms with Gasteiger partial charge in [-0.05, 0) is 17.7 Å². The highest BCUT2D eigenvalue weighted by Crippen LogP contribution is 2.29. The van der Waals surface area contributed by atoms with Crippen molar-refractivity contribution < 1.29 is 0 Å². The Balaban J connectivity index is 2.42. The molecule has 2 heteroatoms. The van der Waals surface area contributed by atoms with Gasteiger partial charge in [0.05, 0.1) is 12.0 Å². The molecule has 0 bridgehead atoms. The maximum Gasteiger partial charge on any atom is 0.344 e. The Morgan fingerprint density at radius 2 is 1.56 bits per heavy atom. The first-order chi connectivity index (χ1) is 8.80. The van der Waals surface area contributed by atoms with Gasteiger partial charge in [-0.25, -0.2) is 6.57 Å². The molecule has 0 amide bonds. The van der Waals surface area contributed by atoms with Crippen molar-refractivity contribution in [1.82, 2.24) is 0 Å². The van der Waals surface area contributed by atoms with Crippen LogP contribution in [0.25, 0.3) is 4.85 Å². The zero-order chi connectivity index (χ0) is 12.8. The van der Waals surface area contributed by atoms with E-state index in [9.17, 15) is 5.26 Å². The second kappa shape index (κ2) is 5.17. The highest BCUT2D eigenvalue weighted by Gasteiger charge is 2.39. The van der Waals surface area contributed by atoms with Gasteiger partial charge in [-0.1, -0.05) is 48.5 Å². The number of hydrogen-bond acceptors (Lipinski definition) is 1. The minimum absolute atomic E-state index is 0.415. The quantitative estimate of drug-likeness (QED) is 0.743. The molecule has 0 aliphatic carbocycles. The molecule has 0 aromatic heterocycles. The molecular weight excluding hydrogens is 220 g/mol. The first kappa shape index (κ1) is 11.9. The maximum atomic E-state index is 9.43. The van der Waals surface area contributed by atoms with Crippen molar-refractivity contribution in [3.63, 3.8) is 0 Å². The van der Waals surface area contributed by atoms with Gasteiger partial charge in [-0.15, -0.1) is 0 Å². The number of hydrogen-bond donors (Lipinski definition) is 0. The summed E-state index contributed by atoms with van der Waals surface area (Å²) < 4.78 is 0. The van der Waals surface area contributed by atoms with Gasteiger partial charge in [-0.3, -0.25) is 4.85 Å². The second-order valence-corrected chi connectivity index (χ2v) is 4.11. The average Bonchev–Trinajstić information content (AvgIpc) is 2.47. The van der Waals surface area contributed by atoms with Crippen molar-refractivity contribution in [2.45, 2.75) is 12.0 Å². The highest BCUT2D eigenvalue weighted by atomic mass is 14.8. The van der Waals surface area contributed by atoms with E-state index in [2.05, 4.69) is 10.9 Å². The summed E-state index contributed by atoms with van der Waals surface area (Å²) in [5, 5.41) is 9.43. The third-order valence-corrected chi connectivity index (χ3v) is 2.93. The Hall–Kier alpha value is -2.58. The van der Waals surface area contributed by atoms with Crippen LogP contribution in [0.4, 0.5) is 0 Å². The van der Waals surface area contributed by atoms with Crippen molar-refractivity contribution in [3.8, 4) is 6.07 Å². The zero-order valence-corrected chi connectivity index (χ0v) is 9.88. The molecule has 1 unspecified atom stereocenters. The summed E-state index contributed by atoms with van der Waals surface area (Å²) >= 11 is 0. The first-order valence-corrected chi connectivity index (χ1v) is 5.70. The normalized spacial score (nSPS) is 13.0. The van der Waals surface area contributed by atoms with Crippen LogP contribution in [0.1, 0.15) is 11.1 Å². The molecule has 0 saturated carbocycles. The molecule has 0 N–H and O–H groups in total. The lowest BCUT2D eigenvalue weighted by Gasteiger charge is -2.14. The topological polar surface area (TPSA) is 28.1 Å². The standard InChI is InChI=1S/C16H12N2/c1-18-16(13-17,15-10-6-3-7-11-15)12-14-8-4-2-5-9-14/h2-11H,12H2. The molecule has 2 rings (SSSR count). The number of nitrogens with zero attached hydrogens (tertiary/aromatic N) is 2. The fraction of sp³-hybridized carbons (Fsp3) is 0.125. The van der Waals surface area contributed by atoms with Crippen molar-refractivity contribution in [2.24, 2.45) is 0 Å². The Labute approximate surface area is 107 Å². The van der Waals surface area contributed by atoms with E-state index in [0.29, 0.717) is 6.42 Å². The molecule has 18 heavy (non-hydrogen) atoms. The van der Waals surface area contributed by atoms with Crippen LogP contribution < -0.4 is 0 Å². The molecule has 2 aromatic carbocycles. The molecular formula is C16H12N2. The van der Waals surface area contributed by atoms with Crippen molar-refractivity contribution >= 4 is 0 Å². The van der Waals surface area contributed by atoms with Gasteiger partial charge in [0.15, 0.2) is 6.07 Å². The molecule has 2 nitrogen and oxygen atoms in total. The predicted molar refractivity (Wildman–Crippen MR) is 70.5 cm³/mol. The molecule has 1 atom stereocenters. The smallest absolute Gasteiger partial charge is 0.288 e.